The van der Waals surface area contributed by atoms with Gasteiger partial charge in [0.2, 0.25) is 5.75 Å². The van der Waals surface area contributed by atoms with Crippen LogP contribution in [0.15, 0.2) is 16.7 Å². The second kappa shape index (κ2) is 6.83. The highest BCUT2D eigenvalue weighted by Gasteiger charge is 2.87. The molecule has 3 rings (SSSR count). The first-order valence-electron chi connectivity index (χ1n) is 8.28. The summed E-state index contributed by atoms with van der Waals surface area (Å²) in [5.41, 5.74) is -1.07. The van der Waals surface area contributed by atoms with Crippen LogP contribution in [0.2, 0.25) is 0 Å². The van der Waals surface area contributed by atoms with Gasteiger partial charge in [-0.25, -0.2) is 0 Å². The summed E-state index contributed by atoms with van der Waals surface area (Å²) >= 11 is 0. The fourth-order valence-electron chi connectivity index (χ4n) is 3.17. The standard InChI is InChI=1S/C17H11F9O6/c1-29-9-6-3-4-31-10(6)12(30-2)11-8(9)7(27)5-13(28,32-11)14(18,19)15(20,21)16(22,23)17(24,25)26/h3-4,28H,5H2,1-2H3/t13-/m1/s1. The van der Waals surface area contributed by atoms with E-state index in [0.717, 1.165) is 20.5 Å². The molecule has 0 aliphatic carbocycles. The minimum atomic E-state index is -7.31. The maximum Gasteiger partial charge on any atom is 0.460 e. The molecule has 0 fully saturated rings. The third kappa shape index (κ3) is 2.82. The summed E-state index contributed by atoms with van der Waals surface area (Å²) < 4.78 is 140. The van der Waals surface area contributed by atoms with Gasteiger partial charge in [-0.05, 0) is 6.07 Å². The molecule has 0 spiro atoms. The fourth-order valence-corrected chi connectivity index (χ4v) is 3.17. The van der Waals surface area contributed by atoms with E-state index in [1.807, 2.05) is 0 Å². The molecule has 32 heavy (non-hydrogen) atoms. The Balaban J connectivity index is 2.25. The average Bonchev–Trinajstić information content (AvgIpc) is 3.14. The molecule has 0 bridgehead atoms. The summed E-state index contributed by atoms with van der Waals surface area (Å²) in [7, 11) is 1.89. The fraction of sp³-hybridized carbons (Fsp3) is 0.471. The molecule has 0 saturated heterocycles. The Kier molecular flexibility index (Phi) is 5.08. The number of aliphatic hydroxyl groups is 1. The number of rotatable bonds is 5. The molecule has 15 heteroatoms. The van der Waals surface area contributed by atoms with Crippen molar-refractivity contribution in [2.24, 2.45) is 0 Å². The smallest absolute Gasteiger partial charge is 0.460 e. The van der Waals surface area contributed by atoms with Crippen LogP contribution in [0.5, 0.6) is 17.2 Å². The number of furan rings is 1. The molecule has 0 amide bonds. The number of ketones is 1. The van der Waals surface area contributed by atoms with Gasteiger partial charge in [0, 0.05) is 0 Å². The van der Waals surface area contributed by atoms with Crippen molar-refractivity contribution in [2.75, 3.05) is 14.2 Å². The molecule has 2 heterocycles. The van der Waals surface area contributed by atoms with Crippen LogP contribution in [-0.4, -0.2) is 54.8 Å². The van der Waals surface area contributed by atoms with Gasteiger partial charge in [0.05, 0.1) is 32.3 Å². The Bertz CT molecular complexity index is 1070. The van der Waals surface area contributed by atoms with Gasteiger partial charge >= 0.3 is 23.9 Å². The number of alkyl halides is 9. The zero-order valence-corrected chi connectivity index (χ0v) is 15.8. The van der Waals surface area contributed by atoms with Crippen LogP contribution in [-0.2, 0) is 0 Å². The molecule has 1 aromatic heterocycles. The van der Waals surface area contributed by atoms with E-state index in [1.165, 1.54) is 6.07 Å². The molecule has 1 N–H and O–H groups in total. The molecule has 0 unspecified atom stereocenters. The van der Waals surface area contributed by atoms with Gasteiger partial charge in [0.15, 0.2) is 17.1 Å². The van der Waals surface area contributed by atoms with Gasteiger partial charge in [-0.15, -0.1) is 0 Å². The second-order valence-electron chi connectivity index (χ2n) is 6.64. The highest BCUT2D eigenvalue weighted by Crippen LogP contribution is 2.59. The number of methoxy groups -OCH3 is 2. The van der Waals surface area contributed by atoms with Crippen LogP contribution in [0.3, 0.4) is 0 Å². The van der Waals surface area contributed by atoms with Gasteiger partial charge in [-0.3, -0.25) is 4.79 Å². The van der Waals surface area contributed by atoms with E-state index in [0.29, 0.717) is 0 Å². The lowest BCUT2D eigenvalue weighted by Gasteiger charge is -2.43. The van der Waals surface area contributed by atoms with Crippen LogP contribution in [0.25, 0.3) is 11.0 Å². The highest BCUT2D eigenvalue weighted by atomic mass is 19.4. The van der Waals surface area contributed by atoms with Crippen molar-refractivity contribution >= 4 is 16.8 Å². The van der Waals surface area contributed by atoms with Crippen molar-refractivity contribution in [1.82, 2.24) is 0 Å². The van der Waals surface area contributed by atoms with Crippen LogP contribution in [0.4, 0.5) is 39.5 Å². The van der Waals surface area contributed by atoms with E-state index in [-0.39, 0.29) is 11.0 Å². The Morgan fingerprint density at radius 2 is 1.53 bits per heavy atom. The van der Waals surface area contributed by atoms with E-state index < -0.39 is 64.7 Å². The predicted octanol–water partition coefficient (Wildman–Crippen LogP) is 4.57. The molecule has 6 nitrogen and oxygen atoms in total. The predicted molar refractivity (Wildman–Crippen MR) is 84.7 cm³/mol. The maximum absolute atomic E-state index is 14.5. The number of carbonyl (C=O) groups is 1. The zero-order valence-electron chi connectivity index (χ0n) is 15.8. The molecular formula is C17H11F9O6. The van der Waals surface area contributed by atoms with Crippen molar-refractivity contribution in [3.8, 4) is 17.2 Å². The topological polar surface area (TPSA) is 78.1 Å². The summed E-state index contributed by atoms with van der Waals surface area (Å²) in [6, 6.07) is 1.23. The molecular weight excluding hydrogens is 471 g/mol. The molecule has 2 aromatic rings. The van der Waals surface area contributed by atoms with Crippen molar-refractivity contribution in [2.45, 2.75) is 36.2 Å². The summed E-state index contributed by atoms with van der Waals surface area (Å²) in [6.07, 6.45) is -8.24. The molecule has 0 radical (unpaired) electrons. The number of carbonyl (C=O) groups excluding carboxylic acids is 1. The summed E-state index contributed by atoms with van der Waals surface area (Å²) in [4.78, 5) is 12.5. The third-order valence-corrected chi connectivity index (χ3v) is 4.77. The van der Waals surface area contributed by atoms with E-state index in [2.05, 4.69) is 4.74 Å². The Morgan fingerprint density at radius 1 is 0.969 bits per heavy atom. The highest BCUT2D eigenvalue weighted by molar-refractivity contribution is 6.10. The molecule has 178 valence electrons. The summed E-state index contributed by atoms with van der Waals surface area (Å²) in [6.45, 7) is 0. The molecule has 1 atom stereocenters. The second-order valence-corrected chi connectivity index (χ2v) is 6.64. The number of benzene rings is 1. The van der Waals surface area contributed by atoms with Gasteiger partial charge < -0.3 is 23.7 Å². The molecule has 1 aromatic carbocycles. The number of fused-ring (bicyclic) bond motifs is 2. The maximum atomic E-state index is 14.5. The van der Waals surface area contributed by atoms with Crippen molar-refractivity contribution in [3.63, 3.8) is 0 Å². The van der Waals surface area contributed by atoms with Gasteiger partial charge in [-0.1, -0.05) is 0 Å². The van der Waals surface area contributed by atoms with Crippen LogP contribution in [0, 0.1) is 0 Å². The lowest BCUT2D eigenvalue weighted by Crippen LogP contribution is -2.71. The quantitative estimate of drug-likeness (QED) is 0.630. The van der Waals surface area contributed by atoms with E-state index in [1.54, 1.807) is 0 Å². The number of hydrogen-bond donors (Lipinski definition) is 1. The van der Waals surface area contributed by atoms with Gasteiger partial charge in [-0.2, -0.15) is 39.5 Å². The third-order valence-electron chi connectivity index (χ3n) is 4.77. The van der Waals surface area contributed by atoms with Crippen LogP contribution >= 0.6 is 0 Å². The lowest BCUT2D eigenvalue weighted by atomic mass is 9.87. The zero-order chi connectivity index (χ0) is 24.5. The van der Waals surface area contributed by atoms with Crippen LogP contribution in [0.1, 0.15) is 16.8 Å². The Hall–Kier alpha value is -2.84. The first kappa shape index (κ1) is 23.8. The van der Waals surface area contributed by atoms with Gasteiger partial charge in [0.1, 0.15) is 11.3 Å². The van der Waals surface area contributed by atoms with Crippen molar-refractivity contribution in [3.05, 3.63) is 17.9 Å². The number of Topliss-reactive ketones (excluding diaryl/α,β-unsaturated/α-hetero) is 1. The number of ether oxygens (including phenoxy) is 3. The molecule has 0 saturated carbocycles. The number of hydrogen-bond acceptors (Lipinski definition) is 6. The van der Waals surface area contributed by atoms with E-state index >= 15 is 0 Å². The number of halogens is 9. The van der Waals surface area contributed by atoms with Crippen molar-refractivity contribution < 1.29 is 68.0 Å². The average molecular weight is 482 g/mol. The minimum absolute atomic E-state index is 0.0196. The normalized spacial score (nSPS) is 20.2. The Labute approximate surface area is 171 Å². The SMILES string of the molecule is COc1c2c(c(OC)c3occc13)O[C@@](O)(C(F)(F)C(F)(F)C(F)(F)C(F)(F)F)CC2=O. The lowest BCUT2D eigenvalue weighted by molar-refractivity contribution is -0.435. The molecule has 1 aliphatic heterocycles. The first-order chi connectivity index (χ1) is 14.5. The van der Waals surface area contributed by atoms with Crippen molar-refractivity contribution in [1.29, 1.82) is 0 Å². The van der Waals surface area contributed by atoms with E-state index in [4.69, 9.17) is 13.9 Å². The first-order valence-corrected chi connectivity index (χ1v) is 8.28. The molecule has 1 aliphatic rings. The van der Waals surface area contributed by atoms with Gasteiger partial charge in [0.25, 0.3) is 5.79 Å². The minimum Gasteiger partial charge on any atom is -0.495 e. The Morgan fingerprint density at radius 3 is 2.03 bits per heavy atom. The summed E-state index contributed by atoms with van der Waals surface area (Å²) in [5.74, 6) is -29.9. The van der Waals surface area contributed by atoms with Crippen LogP contribution < -0.4 is 14.2 Å². The summed E-state index contributed by atoms with van der Waals surface area (Å²) in [5, 5.41) is 10.1. The largest absolute Gasteiger partial charge is 0.495 e. The van der Waals surface area contributed by atoms with E-state index in [9.17, 15) is 49.4 Å². The monoisotopic (exact) mass is 482 g/mol.